The van der Waals surface area contributed by atoms with Crippen LogP contribution in [-0.2, 0) is 9.73 Å². The fourth-order valence-corrected chi connectivity index (χ4v) is 1.49. The van der Waals surface area contributed by atoms with E-state index in [-0.39, 0.29) is 5.82 Å². The van der Waals surface area contributed by atoms with E-state index in [9.17, 15) is 8.60 Å². The highest BCUT2D eigenvalue weighted by molar-refractivity contribution is 7.93. The quantitative estimate of drug-likeness (QED) is 0.723. The summed E-state index contributed by atoms with van der Waals surface area (Å²) in [4.78, 5) is 0. The molecule has 0 heterocycles. The smallest absolute Gasteiger partial charge is 0.123 e. The molecule has 2 nitrogen and oxygen atoms in total. The summed E-state index contributed by atoms with van der Waals surface area (Å²) < 4.78 is 28.0. The Hall–Kier alpha value is -0.900. The Labute approximate surface area is 78.0 Å². The number of nitrogens with zero attached hydrogens (tertiary/aromatic N) is 1. The lowest BCUT2D eigenvalue weighted by molar-refractivity contribution is 0.628. The van der Waals surface area contributed by atoms with Crippen molar-refractivity contribution in [3.63, 3.8) is 0 Å². The largest absolute Gasteiger partial charge is 0.250 e. The van der Waals surface area contributed by atoms with Crippen LogP contribution in [-0.4, -0.2) is 16.2 Å². The zero-order valence-electron chi connectivity index (χ0n) is 7.66. The van der Waals surface area contributed by atoms with E-state index < -0.39 is 9.73 Å². The molecule has 13 heavy (non-hydrogen) atoms. The molecule has 0 N–H and O–H groups in total. The molecule has 0 aromatic heterocycles. The number of rotatable bonds is 2. The normalized spacial score (nSPS) is 15.0. The van der Waals surface area contributed by atoms with Gasteiger partial charge in [-0.25, -0.2) is 8.60 Å². The van der Waals surface area contributed by atoms with E-state index in [1.807, 2.05) is 6.92 Å². The van der Waals surface area contributed by atoms with E-state index in [2.05, 4.69) is 4.36 Å². The van der Waals surface area contributed by atoms with Crippen molar-refractivity contribution in [1.82, 2.24) is 0 Å². The topological polar surface area (TPSA) is 29.4 Å². The molecule has 1 rings (SSSR count). The highest BCUT2D eigenvalue weighted by atomic mass is 32.2. The monoisotopic (exact) mass is 201 g/mol. The summed E-state index contributed by atoms with van der Waals surface area (Å²) >= 11 is 0. The first-order valence-electron chi connectivity index (χ1n) is 3.99. The maximum Gasteiger partial charge on any atom is 0.123 e. The van der Waals surface area contributed by atoms with E-state index in [1.54, 1.807) is 6.26 Å². The SMILES string of the molecule is CCS(C)(=O)=Nc1ccc(F)cc1. The minimum absolute atomic E-state index is 0.307. The molecule has 1 aromatic carbocycles. The third kappa shape index (κ3) is 3.14. The van der Waals surface area contributed by atoms with E-state index in [0.717, 1.165) is 0 Å². The Morgan fingerprint density at radius 2 is 1.92 bits per heavy atom. The molecular formula is C9H12FNOS. The summed E-state index contributed by atoms with van der Waals surface area (Å²) in [5, 5.41) is 0. The first-order chi connectivity index (χ1) is 6.03. The van der Waals surface area contributed by atoms with E-state index in [4.69, 9.17) is 0 Å². The maximum absolute atomic E-state index is 12.5. The molecule has 72 valence electrons. The summed E-state index contributed by atoms with van der Waals surface area (Å²) in [5.41, 5.74) is 0.566. The lowest BCUT2D eigenvalue weighted by atomic mass is 10.3. The van der Waals surface area contributed by atoms with Crippen molar-refractivity contribution in [3.05, 3.63) is 30.1 Å². The van der Waals surface area contributed by atoms with Crippen molar-refractivity contribution in [2.75, 3.05) is 12.0 Å². The second-order valence-corrected chi connectivity index (χ2v) is 5.49. The molecule has 0 fully saturated rings. The Morgan fingerprint density at radius 1 is 1.38 bits per heavy atom. The van der Waals surface area contributed by atoms with Crippen LogP contribution in [0.3, 0.4) is 0 Å². The highest BCUT2D eigenvalue weighted by Crippen LogP contribution is 2.14. The van der Waals surface area contributed by atoms with Crippen LogP contribution in [0.4, 0.5) is 10.1 Å². The van der Waals surface area contributed by atoms with Crippen molar-refractivity contribution in [1.29, 1.82) is 0 Å². The first-order valence-corrected chi connectivity index (χ1v) is 6.08. The van der Waals surface area contributed by atoms with Gasteiger partial charge in [-0.05, 0) is 24.3 Å². The Kier molecular flexibility index (Phi) is 3.03. The third-order valence-electron chi connectivity index (χ3n) is 1.66. The number of hydrogen-bond acceptors (Lipinski definition) is 2. The summed E-state index contributed by atoms with van der Waals surface area (Å²) in [5.74, 6) is 0.197. The highest BCUT2D eigenvalue weighted by Gasteiger charge is 1.97. The summed E-state index contributed by atoms with van der Waals surface area (Å²) in [7, 11) is -2.13. The molecular weight excluding hydrogens is 189 g/mol. The van der Waals surface area contributed by atoms with Crippen LogP contribution < -0.4 is 0 Å². The number of benzene rings is 1. The molecule has 0 spiro atoms. The first kappa shape index (κ1) is 10.2. The summed E-state index contributed by atoms with van der Waals surface area (Å²) in [6, 6.07) is 5.66. The second-order valence-electron chi connectivity index (χ2n) is 2.82. The van der Waals surface area contributed by atoms with Gasteiger partial charge in [0.15, 0.2) is 0 Å². The van der Waals surface area contributed by atoms with Crippen LogP contribution in [0.5, 0.6) is 0 Å². The number of hydrogen-bond donors (Lipinski definition) is 0. The zero-order valence-corrected chi connectivity index (χ0v) is 8.47. The van der Waals surface area contributed by atoms with Gasteiger partial charge < -0.3 is 0 Å². The van der Waals surface area contributed by atoms with E-state index in [0.29, 0.717) is 11.4 Å². The van der Waals surface area contributed by atoms with Gasteiger partial charge in [-0.1, -0.05) is 6.92 Å². The summed E-state index contributed by atoms with van der Waals surface area (Å²) in [6.07, 6.45) is 1.59. The average molecular weight is 201 g/mol. The van der Waals surface area contributed by atoms with Crippen LogP contribution in [0, 0.1) is 5.82 Å². The minimum atomic E-state index is -2.13. The third-order valence-corrected chi connectivity index (χ3v) is 3.33. The number of halogens is 1. The molecule has 0 amide bonds. The van der Waals surface area contributed by atoms with Gasteiger partial charge in [0.05, 0.1) is 5.69 Å². The van der Waals surface area contributed by atoms with Gasteiger partial charge in [0.25, 0.3) is 0 Å². The Morgan fingerprint density at radius 3 is 2.38 bits per heavy atom. The second kappa shape index (κ2) is 3.87. The van der Waals surface area contributed by atoms with Crippen LogP contribution in [0.2, 0.25) is 0 Å². The van der Waals surface area contributed by atoms with Crippen molar-refractivity contribution >= 4 is 15.4 Å². The van der Waals surface area contributed by atoms with E-state index in [1.165, 1.54) is 24.3 Å². The Balaban J connectivity index is 3.06. The van der Waals surface area contributed by atoms with Gasteiger partial charge >= 0.3 is 0 Å². The molecule has 4 heteroatoms. The molecule has 1 atom stereocenters. The van der Waals surface area contributed by atoms with Gasteiger partial charge in [-0.3, -0.25) is 0 Å². The lowest BCUT2D eigenvalue weighted by Gasteiger charge is -1.99. The van der Waals surface area contributed by atoms with Gasteiger partial charge in [0.2, 0.25) is 0 Å². The fourth-order valence-electron chi connectivity index (χ4n) is 0.789. The zero-order chi connectivity index (χ0) is 9.90. The van der Waals surface area contributed by atoms with Crippen LogP contribution in [0.15, 0.2) is 28.6 Å². The molecule has 1 unspecified atom stereocenters. The molecule has 0 saturated heterocycles. The van der Waals surface area contributed by atoms with Crippen LogP contribution >= 0.6 is 0 Å². The molecule has 0 radical (unpaired) electrons. The standard InChI is InChI=1S/C9H12FNOS/c1-3-13(2,12)11-9-6-4-8(10)5-7-9/h4-7H,3H2,1-2H3. The van der Waals surface area contributed by atoms with Gasteiger partial charge in [0.1, 0.15) is 5.82 Å². The minimum Gasteiger partial charge on any atom is -0.250 e. The fraction of sp³-hybridized carbons (Fsp3) is 0.333. The molecule has 0 bridgehead atoms. The maximum atomic E-state index is 12.5. The summed E-state index contributed by atoms with van der Waals surface area (Å²) in [6.45, 7) is 1.81. The predicted octanol–water partition coefficient (Wildman–Crippen LogP) is 2.57. The van der Waals surface area contributed by atoms with Crippen molar-refractivity contribution in [3.8, 4) is 0 Å². The van der Waals surface area contributed by atoms with Gasteiger partial charge in [-0.15, -0.1) is 0 Å². The van der Waals surface area contributed by atoms with Crippen molar-refractivity contribution < 1.29 is 8.60 Å². The average Bonchev–Trinajstić information content (AvgIpc) is 2.09. The van der Waals surface area contributed by atoms with Crippen molar-refractivity contribution in [2.24, 2.45) is 4.36 Å². The molecule has 0 aliphatic rings. The van der Waals surface area contributed by atoms with E-state index >= 15 is 0 Å². The molecule has 0 aliphatic carbocycles. The molecule has 0 saturated carbocycles. The predicted molar refractivity (Wildman–Crippen MR) is 53.1 cm³/mol. The van der Waals surface area contributed by atoms with Crippen LogP contribution in [0.25, 0.3) is 0 Å². The Bertz CT molecular complexity index is 391. The molecule has 0 aliphatic heterocycles. The lowest BCUT2D eigenvalue weighted by Crippen LogP contribution is -1.97. The van der Waals surface area contributed by atoms with Crippen LogP contribution in [0.1, 0.15) is 6.92 Å². The van der Waals surface area contributed by atoms with Crippen molar-refractivity contribution in [2.45, 2.75) is 6.92 Å². The molecule has 1 aromatic rings. The van der Waals surface area contributed by atoms with Gasteiger partial charge in [-0.2, -0.15) is 4.36 Å². The van der Waals surface area contributed by atoms with Gasteiger partial charge in [0, 0.05) is 21.7 Å².